The fourth-order valence-corrected chi connectivity index (χ4v) is 2.57. The van der Waals surface area contributed by atoms with E-state index < -0.39 is 9.84 Å². The van der Waals surface area contributed by atoms with Crippen molar-refractivity contribution in [3.05, 3.63) is 48.0 Å². The zero-order chi connectivity index (χ0) is 14.0. The van der Waals surface area contributed by atoms with Crippen LogP contribution in [0, 0.1) is 6.92 Å². The smallest absolute Gasteiger partial charge is 0.177 e. The molecule has 0 aliphatic carbocycles. The van der Waals surface area contributed by atoms with E-state index in [2.05, 4.69) is 0 Å². The highest BCUT2D eigenvalue weighted by Gasteiger charge is 2.15. The van der Waals surface area contributed by atoms with Gasteiger partial charge in [0.25, 0.3) is 0 Å². The molecule has 5 heteroatoms. The molecule has 0 aromatic heterocycles. The quantitative estimate of drug-likeness (QED) is 0.876. The summed E-state index contributed by atoms with van der Waals surface area (Å²) < 4.78 is 28.8. The SMILES string of the molecule is Cc1cccc(Oc2cccc(S(C)(=O)=O)c2N)c1. The normalized spacial score (nSPS) is 11.3. The molecule has 0 spiro atoms. The van der Waals surface area contributed by atoms with Gasteiger partial charge in [-0.05, 0) is 36.8 Å². The lowest BCUT2D eigenvalue weighted by Gasteiger charge is -2.11. The molecule has 19 heavy (non-hydrogen) atoms. The summed E-state index contributed by atoms with van der Waals surface area (Å²) in [6.07, 6.45) is 1.12. The van der Waals surface area contributed by atoms with Gasteiger partial charge in [0.1, 0.15) is 5.75 Å². The van der Waals surface area contributed by atoms with Gasteiger partial charge < -0.3 is 10.5 Å². The fraction of sp³-hybridized carbons (Fsp3) is 0.143. The summed E-state index contributed by atoms with van der Waals surface area (Å²) in [5.41, 5.74) is 7.03. The van der Waals surface area contributed by atoms with E-state index >= 15 is 0 Å². The number of para-hydroxylation sites is 1. The topological polar surface area (TPSA) is 69.4 Å². The third-order valence-corrected chi connectivity index (χ3v) is 3.80. The molecule has 0 saturated carbocycles. The number of rotatable bonds is 3. The van der Waals surface area contributed by atoms with E-state index in [1.165, 1.54) is 6.07 Å². The highest BCUT2D eigenvalue weighted by atomic mass is 32.2. The van der Waals surface area contributed by atoms with Crippen LogP contribution in [0.1, 0.15) is 5.56 Å². The molecule has 0 saturated heterocycles. The Morgan fingerprint density at radius 2 is 1.79 bits per heavy atom. The number of sulfone groups is 1. The van der Waals surface area contributed by atoms with Gasteiger partial charge in [-0.1, -0.05) is 18.2 Å². The van der Waals surface area contributed by atoms with Crippen molar-refractivity contribution in [3.63, 3.8) is 0 Å². The van der Waals surface area contributed by atoms with Gasteiger partial charge in [0.15, 0.2) is 15.6 Å². The van der Waals surface area contributed by atoms with Crippen LogP contribution in [0.5, 0.6) is 11.5 Å². The first kappa shape index (κ1) is 13.4. The Balaban J connectivity index is 2.42. The molecule has 0 radical (unpaired) electrons. The van der Waals surface area contributed by atoms with Gasteiger partial charge in [0, 0.05) is 6.26 Å². The van der Waals surface area contributed by atoms with Gasteiger partial charge in [0.05, 0.1) is 10.6 Å². The van der Waals surface area contributed by atoms with Gasteiger partial charge >= 0.3 is 0 Å². The van der Waals surface area contributed by atoms with Crippen LogP contribution in [0.2, 0.25) is 0 Å². The maximum Gasteiger partial charge on any atom is 0.177 e. The van der Waals surface area contributed by atoms with E-state index in [1.807, 2.05) is 25.1 Å². The van der Waals surface area contributed by atoms with Crippen molar-refractivity contribution in [1.82, 2.24) is 0 Å². The first-order valence-electron chi connectivity index (χ1n) is 5.71. The average molecular weight is 277 g/mol. The third-order valence-electron chi connectivity index (χ3n) is 2.64. The van der Waals surface area contributed by atoms with Gasteiger partial charge in [0.2, 0.25) is 0 Å². The van der Waals surface area contributed by atoms with Crippen molar-refractivity contribution in [2.45, 2.75) is 11.8 Å². The minimum Gasteiger partial charge on any atom is -0.455 e. The second-order valence-corrected chi connectivity index (χ2v) is 6.34. The number of aryl methyl sites for hydroxylation is 1. The number of hydrogen-bond donors (Lipinski definition) is 1. The van der Waals surface area contributed by atoms with Gasteiger partial charge in [-0.15, -0.1) is 0 Å². The van der Waals surface area contributed by atoms with E-state index in [4.69, 9.17) is 10.5 Å². The molecule has 0 bridgehead atoms. The molecule has 0 heterocycles. The van der Waals surface area contributed by atoms with E-state index in [0.717, 1.165) is 11.8 Å². The molecule has 0 fully saturated rings. The van der Waals surface area contributed by atoms with Crippen LogP contribution in [0.4, 0.5) is 5.69 Å². The summed E-state index contributed by atoms with van der Waals surface area (Å²) in [6, 6.07) is 12.2. The average Bonchev–Trinajstić information content (AvgIpc) is 2.30. The van der Waals surface area contributed by atoms with Crippen LogP contribution in [-0.4, -0.2) is 14.7 Å². The van der Waals surface area contributed by atoms with Crippen molar-refractivity contribution in [2.24, 2.45) is 0 Å². The lowest BCUT2D eigenvalue weighted by atomic mass is 10.2. The van der Waals surface area contributed by atoms with Gasteiger partial charge in [-0.2, -0.15) is 0 Å². The van der Waals surface area contributed by atoms with Gasteiger partial charge in [-0.25, -0.2) is 8.42 Å². The molecule has 2 aromatic rings. The molecule has 2 N–H and O–H groups in total. The molecule has 4 nitrogen and oxygen atoms in total. The van der Waals surface area contributed by atoms with E-state index in [9.17, 15) is 8.42 Å². The second kappa shape index (κ2) is 4.93. The molecule has 0 atom stereocenters. The Morgan fingerprint density at radius 1 is 1.11 bits per heavy atom. The van der Waals surface area contributed by atoms with Crippen LogP contribution in [-0.2, 0) is 9.84 Å². The molecule has 2 aromatic carbocycles. The lowest BCUT2D eigenvalue weighted by molar-refractivity contribution is 0.483. The summed E-state index contributed by atoms with van der Waals surface area (Å²) in [6.45, 7) is 1.95. The van der Waals surface area contributed by atoms with Crippen molar-refractivity contribution in [2.75, 3.05) is 12.0 Å². The molecule has 2 rings (SSSR count). The molecular weight excluding hydrogens is 262 g/mol. The molecule has 100 valence electrons. The molecular formula is C14H15NO3S. The minimum atomic E-state index is -3.36. The van der Waals surface area contributed by atoms with Crippen molar-refractivity contribution < 1.29 is 13.2 Å². The van der Waals surface area contributed by atoms with Crippen LogP contribution in [0.15, 0.2) is 47.4 Å². The predicted molar refractivity (Wildman–Crippen MR) is 75.2 cm³/mol. The number of nitrogen functional groups attached to an aromatic ring is 1. The van der Waals surface area contributed by atoms with Gasteiger partial charge in [-0.3, -0.25) is 0 Å². The largest absolute Gasteiger partial charge is 0.455 e. The number of ether oxygens (including phenoxy) is 1. The minimum absolute atomic E-state index is 0.0812. The molecule has 0 amide bonds. The second-order valence-electron chi connectivity index (χ2n) is 4.36. The summed E-state index contributed by atoms with van der Waals surface area (Å²) in [5.74, 6) is 0.964. The fourth-order valence-electron chi connectivity index (χ4n) is 1.74. The maximum atomic E-state index is 11.6. The number of hydrogen-bond acceptors (Lipinski definition) is 4. The number of nitrogens with two attached hydrogens (primary N) is 1. The number of anilines is 1. The van der Waals surface area contributed by atoms with E-state index in [1.54, 1.807) is 18.2 Å². The molecule has 0 aliphatic heterocycles. The Bertz CT molecular complexity index is 708. The monoisotopic (exact) mass is 277 g/mol. The van der Waals surface area contributed by atoms with Crippen molar-refractivity contribution >= 4 is 15.5 Å². The Morgan fingerprint density at radius 3 is 2.42 bits per heavy atom. The van der Waals surface area contributed by atoms with E-state index in [-0.39, 0.29) is 10.6 Å². The zero-order valence-electron chi connectivity index (χ0n) is 10.8. The molecule has 0 unspecified atom stereocenters. The van der Waals surface area contributed by atoms with Crippen LogP contribution < -0.4 is 10.5 Å². The van der Waals surface area contributed by atoms with Crippen molar-refractivity contribution in [3.8, 4) is 11.5 Å². The Kier molecular flexibility index (Phi) is 3.48. The summed E-state index contributed by atoms with van der Waals surface area (Å²) >= 11 is 0. The zero-order valence-corrected chi connectivity index (χ0v) is 11.6. The standard InChI is InChI=1S/C14H15NO3S/c1-10-5-3-6-11(9-10)18-12-7-4-8-13(14(12)15)19(2,16)17/h3-9H,15H2,1-2H3. The van der Waals surface area contributed by atoms with Crippen molar-refractivity contribution in [1.29, 1.82) is 0 Å². The lowest BCUT2D eigenvalue weighted by Crippen LogP contribution is -2.03. The first-order chi connectivity index (χ1) is 8.88. The summed E-state index contributed by atoms with van der Waals surface area (Å²) in [4.78, 5) is 0.0812. The number of benzene rings is 2. The maximum absolute atomic E-state index is 11.6. The highest BCUT2D eigenvalue weighted by Crippen LogP contribution is 2.32. The highest BCUT2D eigenvalue weighted by molar-refractivity contribution is 7.90. The van der Waals surface area contributed by atoms with Crippen LogP contribution in [0.3, 0.4) is 0 Å². The Hall–Kier alpha value is -2.01. The summed E-state index contributed by atoms with van der Waals surface area (Å²) in [5, 5.41) is 0. The summed E-state index contributed by atoms with van der Waals surface area (Å²) in [7, 11) is -3.36. The van der Waals surface area contributed by atoms with E-state index in [0.29, 0.717) is 11.5 Å². The molecule has 0 aliphatic rings. The van der Waals surface area contributed by atoms with Crippen LogP contribution in [0.25, 0.3) is 0 Å². The predicted octanol–water partition coefficient (Wildman–Crippen LogP) is 2.77. The van der Waals surface area contributed by atoms with Crippen LogP contribution >= 0.6 is 0 Å². The first-order valence-corrected chi connectivity index (χ1v) is 7.60. The Labute approximate surface area is 112 Å². The third kappa shape index (κ3) is 3.06.